The number of amides is 1. The Hall–Kier alpha value is -3.93. The number of aromatic nitrogens is 2. The number of hydrogen-bond donors (Lipinski definition) is 1. The van der Waals surface area contributed by atoms with Gasteiger partial charge in [-0.1, -0.05) is 42.5 Å². The molecule has 0 spiro atoms. The zero-order valence-corrected chi connectivity index (χ0v) is 16.6. The van der Waals surface area contributed by atoms with Crippen LogP contribution in [-0.2, 0) is 0 Å². The van der Waals surface area contributed by atoms with Crippen LogP contribution in [0.2, 0.25) is 0 Å². The van der Waals surface area contributed by atoms with Crippen LogP contribution in [0.3, 0.4) is 0 Å². The first kappa shape index (κ1) is 19.4. The van der Waals surface area contributed by atoms with Crippen LogP contribution < -0.4 is 10.1 Å². The smallest absolute Gasteiger partial charge is 0.260 e. The minimum Gasteiger partial charge on any atom is -0.496 e. The van der Waals surface area contributed by atoms with Crippen LogP contribution >= 0.6 is 0 Å². The molecule has 0 aliphatic rings. The van der Waals surface area contributed by atoms with E-state index in [0.717, 1.165) is 11.1 Å². The molecule has 6 heteroatoms. The molecule has 0 atom stereocenters. The number of hydrogen-bond acceptors (Lipinski definition) is 3. The summed E-state index contributed by atoms with van der Waals surface area (Å²) in [7, 11) is 1.52. The molecule has 0 fully saturated rings. The number of methoxy groups -OCH3 is 1. The number of rotatable bonds is 5. The fraction of sp³-hybridized carbons (Fsp3) is 0.0833. The average molecular weight is 401 g/mol. The predicted molar refractivity (Wildman–Crippen MR) is 115 cm³/mol. The number of carbonyl (C=O) groups excluding carboxylic acids is 1. The van der Waals surface area contributed by atoms with Crippen molar-refractivity contribution in [2.24, 2.45) is 0 Å². The average Bonchev–Trinajstić information content (AvgIpc) is 3.18. The lowest BCUT2D eigenvalue weighted by molar-refractivity contribution is 0.102. The van der Waals surface area contributed by atoms with Crippen LogP contribution in [0.5, 0.6) is 5.75 Å². The molecule has 150 valence electrons. The number of ether oxygens (including phenoxy) is 1. The molecule has 1 amide bonds. The van der Waals surface area contributed by atoms with E-state index >= 15 is 0 Å². The summed E-state index contributed by atoms with van der Waals surface area (Å²) in [6, 6.07) is 22.8. The molecule has 1 heterocycles. The van der Waals surface area contributed by atoms with E-state index in [1.54, 1.807) is 30.3 Å². The van der Waals surface area contributed by atoms with Gasteiger partial charge in [0.1, 0.15) is 17.4 Å². The molecule has 4 rings (SSSR count). The van der Waals surface area contributed by atoms with Crippen molar-refractivity contribution in [3.63, 3.8) is 0 Å². The van der Waals surface area contributed by atoms with Crippen molar-refractivity contribution in [2.45, 2.75) is 6.92 Å². The van der Waals surface area contributed by atoms with E-state index in [1.807, 2.05) is 43.3 Å². The molecule has 0 aliphatic carbocycles. The van der Waals surface area contributed by atoms with Gasteiger partial charge in [0.05, 0.1) is 24.1 Å². The third-order valence-corrected chi connectivity index (χ3v) is 4.67. The van der Waals surface area contributed by atoms with E-state index in [2.05, 4.69) is 10.4 Å². The number of anilines is 1. The van der Waals surface area contributed by atoms with Gasteiger partial charge >= 0.3 is 0 Å². The summed E-state index contributed by atoms with van der Waals surface area (Å²) >= 11 is 0. The van der Waals surface area contributed by atoms with Crippen molar-refractivity contribution in [1.29, 1.82) is 0 Å². The summed E-state index contributed by atoms with van der Waals surface area (Å²) < 4.78 is 20.7. The molecule has 0 unspecified atom stereocenters. The molecular weight excluding hydrogens is 381 g/mol. The molecule has 0 bridgehead atoms. The molecule has 1 N–H and O–H groups in total. The van der Waals surface area contributed by atoms with Crippen LogP contribution in [0.4, 0.5) is 10.2 Å². The van der Waals surface area contributed by atoms with Crippen LogP contribution in [-0.4, -0.2) is 22.8 Å². The van der Waals surface area contributed by atoms with Crippen molar-refractivity contribution < 1.29 is 13.9 Å². The third-order valence-electron chi connectivity index (χ3n) is 4.67. The Balaban J connectivity index is 1.76. The molecule has 1 aromatic heterocycles. The summed E-state index contributed by atoms with van der Waals surface area (Å²) in [5.74, 6) is 0.172. The Morgan fingerprint density at radius 2 is 1.80 bits per heavy atom. The molecule has 4 aromatic rings. The van der Waals surface area contributed by atoms with E-state index in [-0.39, 0.29) is 11.7 Å². The van der Waals surface area contributed by atoms with E-state index < -0.39 is 0 Å². The van der Waals surface area contributed by atoms with Crippen molar-refractivity contribution in [2.75, 3.05) is 12.4 Å². The number of aryl methyl sites for hydroxylation is 1. The summed E-state index contributed by atoms with van der Waals surface area (Å²) in [6.07, 6.45) is 0. The van der Waals surface area contributed by atoms with Crippen molar-refractivity contribution in [3.8, 4) is 22.7 Å². The summed E-state index contributed by atoms with van der Waals surface area (Å²) in [4.78, 5) is 13.0. The lowest BCUT2D eigenvalue weighted by atomic mass is 10.1. The predicted octanol–water partition coefficient (Wildman–Crippen LogP) is 5.25. The molecule has 5 nitrogen and oxygen atoms in total. The van der Waals surface area contributed by atoms with Crippen LogP contribution in [0.1, 0.15) is 15.9 Å². The topological polar surface area (TPSA) is 56.1 Å². The van der Waals surface area contributed by atoms with Crippen LogP contribution in [0.15, 0.2) is 78.9 Å². The Morgan fingerprint density at radius 1 is 1.00 bits per heavy atom. The number of carbonyl (C=O) groups is 1. The van der Waals surface area contributed by atoms with E-state index in [1.165, 1.54) is 23.9 Å². The first-order valence-electron chi connectivity index (χ1n) is 9.42. The molecular formula is C24H20FN3O2. The summed E-state index contributed by atoms with van der Waals surface area (Å²) in [5, 5.41) is 7.49. The molecule has 30 heavy (non-hydrogen) atoms. The van der Waals surface area contributed by atoms with Crippen LogP contribution in [0.25, 0.3) is 16.9 Å². The van der Waals surface area contributed by atoms with Crippen molar-refractivity contribution in [3.05, 3.63) is 95.8 Å². The fourth-order valence-electron chi connectivity index (χ4n) is 3.19. The van der Waals surface area contributed by atoms with E-state index in [9.17, 15) is 9.18 Å². The third kappa shape index (κ3) is 3.93. The maximum absolute atomic E-state index is 13.8. The lowest BCUT2D eigenvalue weighted by Crippen LogP contribution is -2.16. The highest BCUT2D eigenvalue weighted by Crippen LogP contribution is 2.27. The van der Waals surface area contributed by atoms with Crippen molar-refractivity contribution >= 4 is 11.7 Å². The minimum absolute atomic E-state index is 0.344. The maximum atomic E-state index is 13.8. The second-order valence-electron chi connectivity index (χ2n) is 6.83. The number of halogens is 1. The highest BCUT2D eigenvalue weighted by Gasteiger charge is 2.17. The molecule has 0 saturated carbocycles. The monoisotopic (exact) mass is 401 g/mol. The van der Waals surface area contributed by atoms with Gasteiger partial charge in [0.2, 0.25) is 0 Å². The Morgan fingerprint density at radius 3 is 2.53 bits per heavy atom. The van der Waals surface area contributed by atoms with Gasteiger partial charge in [-0.15, -0.1) is 0 Å². The van der Waals surface area contributed by atoms with Gasteiger partial charge in [-0.05, 0) is 42.8 Å². The Kier molecular flexibility index (Phi) is 5.30. The van der Waals surface area contributed by atoms with Gasteiger partial charge in [0, 0.05) is 11.6 Å². The fourth-order valence-corrected chi connectivity index (χ4v) is 3.19. The first-order valence-corrected chi connectivity index (χ1v) is 9.42. The second kappa shape index (κ2) is 8.21. The van der Waals surface area contributed by atoms with Gasteiger partial charge in [-0.3, -0.25) is 4.79 Å². The van der Waals surface area contributed by atoms with E-state index in [0.29, 0.717) is 28.5 Å². The minimum atomic E-state index is -0.387. The normalized spacial score (nSPS) is 10.6. The van der Waals surface area contributed by atoms with Crippen molar-refractivity contribution in [1.82, 2.24) is 9.78 Å². The molecule has 3 aromatic carbocycles. The lowest BCUT2D eigenvalue weighted by Gasteiger charge is -2.11. The van der Waals surface area contributed by atoms with Gasteiger partial charge < -0.3 is 10.1 Å². The molecule has 0 saturated heterocycles. The van der Waals surface area contributed by atoms with E-state index in [4.69, 9.17) is 4.74 Å². The zero-order chi connectivity index (χ0) is 21.1. The van der Waals surface area contributed by atoms with Crippen LogP contribution in [0, 0.1) is 12.7 Å². The quantitative estimate of drug-likeness (QED) is 0.497. The van der Waals surface area contributed by atoms with Gasteiger partial charge in [-0.25, -0.2) is 9.07 Å². The molecule has 0 aliphatic heterocycles. The number of nitrogens with zero attached hydrogens (tertiary/aromatic N) is 2. The number of benzene rings is 3. The Labute approximate surface area is 173 Å². The standard InChI is InChI=1S/C24H20FN3O2/c1-16-11-12-20(22(13-16)30-2)24(29)26-23-15-21(17-7-4-3-5-8-17)27-28(23)19-10-6-9-18(25)14-19/h3-15H,1-2H3,(H,26,29). The molecule has 0 radical (unpaired) electrons. The van der Waals surface area contributed by atoms with Gasteiger partial charge in [-0.2, -0.15) is 5.10 Å². The highest BCUT2D eigenvalue weighted by atomic mass is 19.1. The largest absolute Gasteiger partial charge is 0.496 e. The summed E-state index contributed by atoms with van der Waals surface area (Å²) in [6.45, 7) is 1.93. The van der Waals surface area contributed by atoms with Gasteiger partial charge in [0.15, 0.2) is 0 Å². The SMILES string of the molecule is COc1cc(C)ccc1C(=O)Nc1cc(-c2ccccc2)nn1-c1cccc(F)c1. The zero-order valence-electron chi connectivity index (χ0n) is 16.6. The first-order chi connectivity index (χ1) is 14.5. The summed E-state index contributed by atoms with van der Waals surface area (Å²) in [5.41, 5.74) is 3.43. The maximum Gasteiger partial charge on any atom is 0.260 e. The Bertz CT molecular complexity index is 1200. The van der Waals surface area contributed by atoms with Gasteiger partial charge in [0.25, 0.3) is 5.91 Å². The highest BCUT2D eigenvalue weighted by molar-refractivity contribution is 6.06. The second-order valence-corrected chi connectivity index (χ2v) is 6.83. The number of nitrogens with one attached hydrogen (secondary N) is 1.